The molecule has 0 spiro atoms. The van der Waals surface area contributed by atoms with Gasteiger partial charge in [0, 0.05) is 44.5 Å². The van der Waals surface area contributed by atoms with Crippen molar-refractivity contribution in [2.24, 2.45) is 0 Å². The Balaban J connectivity index is 1.77. The molecule has 1 aliphatic rings. The Hall–Kier alpha value is -0.870. The summed E-state index contributed by atoms with van der Waals surface area (Å²) in [4.78, 5) is 7.03. The fraction of sp³-hybridized carbons (Fsp3) is 0.800. The van der Waals surface area contributed by atoms with Crippen LogP contribution in [0.3, 0.4) is 0 Å². The topological polar surface area (TPSA) is 30.3 Å². The molecular weight excluding hydrogens is 238 g/mol. The van der Waals surface area contributed by atoms with Gasteiger partial charge in [0.2, 0.25) is 0 Å². The van der Waals surface area contributed by atoms with Gasteiger partial charge >= 0.3 is 0 Å². The molecule has 0 amide bonds. The van der Waals surface area contributed by atoms with Gasteiger partial charge in [-0.3, -0.25) is 4.90 Å². The lowest BCUT2D eigenvalue weighted by Gasteiger charge is -2.26. The summed E-state index contributed by atoms with van der Waals surface area (Å²) in [6.07, 6.45) is 7.71. The number of rotatable bonds is 7. The number of aromatic nitrogens is 2. The molecule has 1 atom stereocenters. The van der Waals surface area contributed by atoms with Crippen molar-refractivity contribution in [1.29, 1.82) is 0 Å². The van der Waals surface area contributed by atoms with Crippen LogP contribution in [0, 0.1) is 0 Å². The number of ether oxygens (including phenoxy) is 1. The van der Waals surface area contributed by atoms with Gasteiger partial charge in [0.25, 0.3) is 0 Å². The Morgan fingerprint density at radius 2 is 2.11 bits per heavy atom. The molecule has 1 saturated heterocycles. The van der Waals surface area contributed by atoms with E-state index >= 15 is 0 Å². The van der Waals surface area contributed by atoms with E-state index < -0.39 is 0 Å². The smallest absolute Gasteiger partial charge is 0.111 e. The lowest BCUT2D eigenvalue weighted by molar-refractivity contribution is 0.0369. The highest BCUT2D eigenvalue weighted by molar-refractivity contribution is 4.98. The van der Waals surface area contributed by atoms with Crippen LogP contribution in [0.25, 0.3) is 0 Å². The maximum absolute atomic E-state index is 5.37. The highest BCUT2D eigenvalue weighted by Gasteiger charge is 2.12. The Labute approximate surface area is 116 Å². The molecule has 0 aromatic carbocycles. The largest absolute Gasteiger partial charge is 0.379 e. The van der Waals surface area contributed by atoms with Gasteiger partial charge in [0.05, 0.1) is 13.2 Å². The molecule has 1 aromatic heterocycles. The van der Waals surface area contributed by atoms with Crippen molar-refractivity contribution in [3.63, 3.8) is 0 Å². The van der Waals surface area contributed by atoms with E-state index in [9.17, 15) is 0 Å². The number of aryl methyl sites for hydroxylation is 1. The zero-order chi connectivity index (χ0) is 13.5. The predicted molar refractivity (Wildman–Crippen MR) is 77.4 cm³/mol. The molecule has 1 unspecified atom stereocenters. The van der Waals surface area contributed by atoms with Gasteiger partial charge in [0.15, 0.2) is 0 Å². The van der Waals surface area contributed by atoms with Gasteiger partial charge in [-0.1, -0.05) is 20.3 Å². The SMILES string of the molecule is CCCC(C)c1nccn1CCCN1CCOCC1. The quantitative estimate of drug-likeness (QED) is 0.759. The Kier molecular flexibility index (Phi) is 5.86. The number of hydrogen-bond acceptors (Lipinski definition) is 3. The van der Waals surface area contributed by atoms with E-state index in [4.69, 9.17) is 4.74 Å². The molecule has 2 rings (SSSR count). The molecule has 19 heavy (non-hydrogen) atoms. The van der Waals surface area contributed by atoms with Crippen molar-refractivity contribution in [1.82, 2.24) is 14.5 Å². The van der Waals surface area contributed by atoms with E-state index in [1.54, 1.807) is 0 Å². The van der Waals surface area contributed by atoms with Crippen LogP contribution >= 0.6 is 0 Å². The van der Waals surface area contributed by atoms with Gasteiger partial charge in [-0.25, -0.2) is 4.98 Å². The number of imidazole rings is 1. The molecular formula is C15H27N3O. The van der Waals surface area contributed by atoms with Gasteiger partial charge in [-0.05, 0) is 12.8 Å². The monoisotopic (exact) mass is 265 g/mol. The molecule has 4 heteroatoms. The fourth-order valence-electron chi connectivity index (χ4n) is 2.79. The minimum atomic E-state index is 0.573. The molecule has 0 saturated carbocycles. The first-order valence-electron chi connectivity index (χ1n) is 7.62. The molecule has 1 aromatic rings. The second-order valence-corrected chi connectivity index (χ2v) is 5.48. The summed E-state index contributed by atoms with van der Waals surface area (Å²) in [5.41, 5.74) is 0. The minimum absolute atomic E-state index is 0.573. The van der Waals surface area contributed by atoms with Crippen LogP contribution in [0.1, 0.15) is 44.9 Å². The first kappa shape index (κ1) is 14.5. The van der Waals surface area contributed by atoms with E-state index in [1.165, 1.54) is 31.6 Å². The Morgan fingerprint density at radius 3 is 2.84 bits per heavy atom. The average molecular weight is 265 g/mol. The van der Waals surface area contributed by atoms with Crippen LogP contribution in [-0.4, -0.2) is 47.3 Å². The van der Waals surface area contributed by atoms with E-state index in [0.29, 0.717) is 5.92 Å². The van der Waals surface area contributed by atoms with E-state index in [2.05, 4.69) is 34.5 Å². The van der Waals surface area contributed by atoms with Gasteiger partial charge in [0.1, 0.15) is 5.82 Å². The van der Waals surface area contributed by atoms with Crippen LogP contribution < -0.4 is 0 Å². The molecule has 0 radical (unpaired) electrons. The van der Waals surface area contributed by atoms with Crippen LogP contribution in [0.5, 0.6) is 0 Å². The number of morpholine rings is 1. The third-order valence-electron chi connectivity index (χ3n) is 3.89. The van der Waals surface area contributed by atoms with Gasteiger partial charge in [-0.15, -0.1) is 0 Å². The van der Waals surface area contributed by atoms with Crippen LogP contribution in [0.2, 0.25) is 0 Å². The third kappa shape index (κ3) is 4.32. The summed E-state index contributed by atoms with van der Waals surface area (Å²) in [6, 6.07) is 0. The summed E-state index contributed by atoms with van der Waals surface area (Å²) in [7, 11) is 0. The Bertz CT molecular complexity index is 358. The van der Waals surface area contributed by atoms with E-state index in [0.717, 1.165) is 32.8 Å². The van der Waals surface area contributed by atoms with Crippen molar-refractivity contribution >= 4 is 0 Å². The molecule has 0 bridgehead atoms. The third-order valence-corrected chi connectivity index (χ3v) is 3.89. The average Bonchev–Trinajstić information content (AvgIpc) is 2.89. The normalized spacial score (nSPS) is 18.6. The van der Waals surface area contributed by atoms with Crippen LogP contribution in [0.4, 0.5) is 0 Å². The molecule has 1 fully saturated rings. The van der Waals surface area contributed by atoms with Crippen molar-refractivity contribution in [3.05, 3.63) is 18.2 Å². The van der Waals surface area contributed by atoms with E-state index in [1.807, 2.05) is 6.20 Å². The molecule has 0 aliphatic carbocycles. The summed E-state index contributed by atoms with van der Waals surface area (Å²) >= 11 is 0. The van der Waals surface area contributed by atoms with Crippen molar-refractivity contribution in [2.75, 3.05) is 32.8 Å². The number of hydrogen-bond donors (Lipinski definition) is 0. The fourth-order valence-corrected chi connectivity index (χ4v) is 2.79. The van der Waals surface area contributed by atoms with Gasteiger partial charge < -0.3 is 9.30 Å². The molecule has 0 N–H and O–H groups in total. The van der Waals surface area contributed by atoms with Crippen LogP contribution in [-0.2, 0) is 11.3 Å². The zero-order valence-corrected chi connectivity index (χ0v) is 12.3. The second kappa shape index (κ2) is 7.65. The maximum Gasteiger partial charge on any atom is 0.111 e. The standard InChI is InChI=1S/C15H27N3O/c1-3-5-14(2)15-16-6-9-18(15)8-4-7-17-10-12-19-13-11-17/h6,9,14H,3-5,7-8,10-13H2,1-2H3. The highest BCUT2D eigenvalue weighted by Crippen LogP contribution is 2.19. The van der Waals surface area contributed by atoms with E-state index in [-0.39, 0.29) is 0 Å². The number of nitrogens with zero attached hydrogens (tertiary/aromatic N) is 3. The molecule has 4 nitrogen and oxygen atoms in total. The lowest BCUT2D eigenvalue weighted by atomic mass is 10.1. The minimum Gasteiger partial charge on any atom is -0.379 e. The van der Waals surface area contributed by atoms with Gasteiger partial charge in [-0.2, -0.15) is 0 Å². The maximum atomic E-state index is 5.37. The van der Waals surface area contributed by atoms with Crippen molar-refractivity contribution in [3.8, 4) is 0 Å². The predicted octanol–water partition coefficient (Wildman–Crippen LogP) is 2.51. The molecule has 2 heterocycles. The highest BCUT2D eigenvalue weighted by atomic mass is 16.5. The summed E-state index contributed by atoms with van der Waals surface area (Å²) in [5.74, 6) is 1.83. The first-order valence-corrected chi connectivity index (χ1v) is 7.62. The van der Waals surface area contributed by atoms with Crippen LogP contribution in [0.15, 0.2) is 12.4 Å². The van der Waals surface area contributed by atoms with Crippen molar-refractivity contribution < 1.29 is 4.74 Å². The lowest BCUT2D eigenvalue weighted by Crippen LogP contribution is -2.37. The zero-order valence-electron chi connectivity index (χ0n) is 12.3. The second-order valence-electron chi connectivity index (χ2n) is 5.48. The van der Waals surface area contributed by atoms with Crippen molar-refractivity contribution in [2.45, 2.75) is 45.6 Å². The molecule has 108 valence electrons. The summed E-state index contributed by atoms with van der Waals surface area (Å²) in [5, 5.41) is 0. The molecule has 1 aliphatic heterocycles. The summed E-state index contributed by atoms with van der Waals surface area (Å²) in [6.45, 7) is 10.7. The first-order chi connectivity index (χ1) is 9.31. The Morgan fingerprint density at radius 1 is 1.32 bits per heavy atom. The summed E-state index contributed by atoms with van der Waals surface area (Å²) < 4.78 is 7.71.